The highest BCUT2D eigenvalue weighted by Crippen LogP contribution is 2.48. The Morgan fingerprint density at radius 3 is 2.62 bits per heavy atom. The van der Waals surface area contributed by atoms with Crippen LogP contribution in [0.4, 0.5) is 0 Å². The van der Waals surface area contributed by atoms with Gasteiger partial charge in [0.05, 0.1) is 18.1 Å². The number of allylic oxidation sites excluding steroid dienone is 2. The number of fused-ring (bicyclic) bond motifs is 3. The summed E-state index contributed by atoms with van der Waals surface area (Å²) in [5.74, 6) is 0.787. The van der Waals surface area contributed by atoms with Crippen LogP contribution >= 0.6 is 0 Å². The van der Waals surface area contributed by atoms with E-state index in [4.69, 9.17) is 13.9 Å². The Morgan fingerprint density at radius 2 is 2.03 bits per heavy atom. The minimum atomic E-state index is -0.543. The Hall–Kier alpha value is -2.82. The van der Waals surface area contributed by atoms with E-state index in [1.54, 1.807) is 19.9 Å². The molecule has 0 unspecified atom stereocenters. The predicted octanol–water partition coefficient (Wildman–Crippen LogP) is 5.65. The zero-order chi connectivity index (χ0) is 21.5. The molecule has 1 aliphatic rings. The molecule has 0 amide bonds. The van der Waals surface area contributed by atoms with Gasteiger partial charge in [0.2, 0.25) is 0 Å². The van der Waals surface area contributed by atoms with Gasteiger partial charge in [-0.1, -0.05) is 19.9 Å². The summed E-state index contributed by atoms with van der Waals surface area (Å²) in [7, 11) is 1.51. The van der Waals surface area contributed by atoms with Crippen molar-refractivity contribution in [2.75, 3.05) is 7.11 Å². The molecular formula is C24H28O5. The molecule has 29 heavy (non-hydrogen) atoms. The molecule has 0 bridgehead atoms. The third-order valence-corrected chi connectivity index (χ3v) is 5.54. The lowest BCUT2D eigenvalue weighted by Crippen LogP contribution is -2.28. The minimum absolute atomic E-state index is 0.0856. The Labute approximate surface area is 171 Å². The summed E-state index contributed by atoms with van der Waals surface area (Å²) in [6.45, 7) is 11.5. The third kappa shape index (κ3) is 3.50. The van der Waals surface area contributed by atoms with Crippen molar-refractivity contribution in [2.24, 2.45) is 0 Å². The standard InChI is InChI=1S/C24H28O5/c1-8-13(3)16-12-17(25)28-23-18(16)22-15(10-11-24(5,6)29-22)21(27-7)19(23)20(26)14(4)9-2/h9-13H,8H2,1-7H3/b14-9+/t13-/m1/s1. The van der Waals surface area contributed by atoms with Crippen LogP contribution in [0.2, 0.25) is 0 Å². The SMILES string of the molecule is C/C=C(\C)C(=O)c1c(OC)c2c(c3c([C@H](C)CC)cc(=O)oc13)OC(C)(C)C=C2. The molecule has 0 radical (unpaired) electrons. The first-order valence-electron chi connectivity index (χ1n) is 9.92. The van der Waals surface area contributed by atoms with E-state index in [0.717, 1.165) is 12.0 Å². The summed E-state index contributed by atoms with van der Waals surface area (Å²) >= 11 is 0. The normalized spacial score (nSPS) is 16.3. The van der Waals surface area contributed by atoms with Crippen molar-refractivity contribution in [1.82, 2.24) is 0 Å². The molecular weight excluding hydrogens is 368 g/mol. The fourth-order valence-corrected chi connectivity index (χ4v) is 3.59. The molecule has 154 valence electrons. The van der Waals surface area contributed by atoms with Crippen molar-refractivity contribution in [3.63, 3.8) is 0 Å². The second-order valence-electron chi connectivity index (χ2n) is 8.02. The van der Waals surface area contributed by atoms with E-state index in [0.29, 0.717) is 28.0 Å². The van der Waals surface area contributed by atoms with E-state index in [1.165, 1.54) is 13.2 Å². The third-order valence-electron chi connectivity index (χ3n) is 5.54. The maximum Gasteiger partial charge on any atom is 0.336 e. The maximum absolute atomic E-state index is 13.3. The predicted molar refractivity (Wildman–Crippen MR) is 115 cm³/mol. The number of methoxy groups -OCH3 is 1. The number of ether oxygens (including phenoxy) is 2. The van der Waals surface area contributed by atoms with Gasteiger partial charge in [-0.15, -0.1) is 0 Å². The molecule has 1 aromatic heterocycles. The second kappa shape index (κ2) is 7.54. The summed E-state index contributed by atoms with van der Waals surface area (Å²) in [5, 5.41) is 0.666. The topological polar surface area (TPSA) is 65.7 Å². The van der Waals surface area contributed by atoms with Crippen molar-refractivity contribution < 1.29 is 18.7 Å². The van der Waals surface area contributed by atoms with E-state index in [-0.39, 0.29) is 22.8 Å². The molecule has 1 aliphatic heterocycles. The molecule has 0 saturated heterocycles. The van der Waals surface area contributed by atoms with Crippen LogP contribution in [-0.4, -0.2) is 18.5 Å². The highest BCUT2D eigenvalue weighted by Gasteiger charge is 2.33. The lowest BCUT2D eigenvalue weighted by atomic mass is 9.88. The number of ketones is 1. The van der Waals surface area contributed by atoms with Crippen LogP contribution in [0.25, 0.3) is 17.0 Å². The quantitative estimate of drug-likeness (QED) is 0.371. The molecule has 2 aromatic rings. The molecule has 5 nitrogen and oxygen atoms in total. The maximum atomic E-state index is 13.3. The van der Waals surface area contributed by atoms with Crippen LogP contribution < -0.4 is 15.1 Å². The summed E-state index contributed by atoms with van der Waals surface area (Å²) in [5.41, 5.74) is 1.49. The van der Waals surface area contributed by atoms with E-state index in [1.807, 2.05) is 32.9 Å². The number of hydrogen-bond acceptors (Lipinski definition) is 5. The van der Waals surface area contributed by atoms with Gasteiger partial charge >= 0.3 is 5.63 Å². The van der Waals surface area contributed by atoms with Crippen molar-refractivity contribution in [3.05, 3.63) is 50.9 Å². The number of carbonyl (C=O) groups is 1. The first kappa shape index (κ1) is 20.9. The molecule has 0 fully saturated rings. The van der Waals surface area contributed by atoms with Crippen LogP contribution in [0.1, 0.15) is 75.4 Å². The second-order valence-corrected chi connectivity index (χ2v) is 8.02. The van der Waals surface area contributed by atoms with Gasteiger partial charge in [0, 0.05) is 6.07 Å². The Morgan fingerprint density at radius 1 is 1.34 bits per heavy atom. The summed E-state index contributed by atoms with van der Waals surface area (Å²) < 4.78 is 17.6. The zero-order valence-corrected chi connectivity index (χ0v) is 18.1. The fraction of sp³-hybridized carbons (Fsp3) is 0.417. The molecule has 0 saturated carbocycles. The zero-order valence-electron chi connectivity index (χ0n) is 18.1. The average Bonchev–Trinajstić information content (AvgIpc) is 2.69. The van der Waals surface area contributed by atoms with Gasteiger partial charge in [-0.25, -0.2) is 4.79 Å². The Kier molecular flexibility index (Phi) is 5.44. The molecule has 0 N–H and O–H groups in total. The van der Waals surface area contributed by atoms with Crippen LogP contribution in [-0.2, 0) is 0 Å². The largest absolute Gasteiger partial charge is 0.495 e. The molecule has 0 spiro atoms. The highest BCUT2D eigenvalue weighted by atomic mass is 16.5. The summed E-state index contributed by atoms with van der Waals surface area (Å²) in [6.07, 6.45) is 6.42. The van der Waals surface area contributed by atoms with Crippen molar-refractivity contribution in [2.45, 2.75) is 59.5 Å². The molecule has 1 atom stereocenters. The van der Waals surface area contributed by atoms with Crippen LogP contribution in [0.3, 0.4) is 0 Å². The Bertz CT molecular complexity index is 1100. The average molecular weight is 396 g/mol. The fourth-order valence-electron chi connectivity index (χ4n) is 3.59. The molecule has 5 heteroatoms. The number of Topliss-reactive ketones (excluding diaryl/α,β-unsaturated/α-hetero) is 1. The van der Waals surface area contributed by atoms with E-state index < -0.39 is 11.2 Å². The van der Waals surface area contributed by atoms with E-state index in [2.05, 4.69) is 6.92 Å². The van der Waals surface area contributed by atoms with Gasteiger partial charge in [0.25, 0.3) is 0 Å². The van der Waals surface area contributed by atoms with Crippen molar-refractivity contribution in [3.8, 4) is 11.5 Å². The monoisotopic (exact) mass is 396 g/mol. The van der Waals surface area contributed by atoms with Crippen molar-refractivity contribution >= 4 is 22.8 Å². The first-order chi connectivity index (χ1) is 13.6. The molecule has 1 aromatic carbocycles. The van der Waals surface area contributed by atoms with Gasteiger partial charge in [0.1, 0.15) is 22.7 Å². The van der Waals surface area contributed by atoms with Gasteiger partial charge in [-0.05, 0) is 63.3 Å². The number of hydrogen-bond donors (Lipinski definition) is 0. The molecule has 0 aliphatic carbocycles. The van der Waals surface area contributed by atoms with Crippen LogP contribution in [0.5, 0.6) is 11.5 Å². The van der Waals surface area contributed by atoms with Crippen LogP contribution in [0, 0.1) is 0 Å². The van der Waals surface area contributed by atoms with E-state index in [9.17, 15) is 9.59 Å². The smallest absolute Gasteiger partial charge is 0.336 e. The first-order valence-corrected chi connectivity index (χ1v) is 9.92. The summed E-state index contributed by atoms with van der Waals surface area (Å²) in [4.78, 5) is 25.7. The lowest BCUT2D eigenvalue weighted by molar-refractivity contribution is 0.103. The Balaban J connectivity index is 2.60. The minimum Gasteiger partial charge on any atom is -0.495 e. The van der Waals surface area contributed by atoms with Gasteiger partial charge in [-0.2, -0.15) is 0 Å². The van der Waals surface area contributed by atoms with Gasteiger partial charge in [0.15, 0.2) is 11.4 Å². The number of carbonyl (C=O) groups excluding carboxylic acids is 1. The van der Waals surface area contributed by atoms with Crippen molar-refractivity contribution in [1.29, 1.82) is 0 Å². The molecule has 3 rings (SSSR count). The van der Waals surface area contributed by atoms with Crippen LogP contribution in [0.15, 0.2) is 33.0 Å². The van der Waals surface area contributed by atoms with E-state index >= 15 is 0 Å². The molecule has 2 heterocycles. The lowest BCUT2D eigenvalue weighted by Gasteiger charge is -2.31. The highest BCUT2D eigenvalue weighted by molar-refractivity contribution is 6.19. The van der Waals surface area contributed by atoms with Gasteiger partial charge in [-0.3, -0.25) is 4.79 Å². The number of benzene rings is 1. The number of rotatable bonds is 5. The summed E-state index contributed by atoms with van der Waals surface area (Å²) in [6, 6.07) is 1.51. The van der Waals surface area contributed by atoms with Gasteiger partial charge < -0.3 is 13.9 Å².